The first kappa shape index (κ1) is 58.9. The van der Waals surface area contributed by atoms with Crippen LogP contribution in [0.1, 0.15) is 200 Å². The number of aliphatic hydroxyl groups is 3. The Balaban J connectivity index is 2.40. The van der Waals surface area contributed by atoms with Gasteiger partial charge < -0.3 is 40.5 Å². The van der Waals surface area contributed by atoms with E-state index in [1.165, 1.54) is 70.6 Å². The lowest BCUT2D eigenvalue weighted by atomic mass is 9.88. The maximum atomic E-state index is 12.7. The van der Waals surface area contributed by atoms with Gasteiger partial charge in [-0.3, -0.25) is 23.4 Å². The Morgan fingerprint density at radius 1 is 0.683 bits per heavy atom. The standard InChI is InChI=1S/C48H88NO13P/c1-3-5-7-8-9-10-11-12-13-14-15-16-17-18-19-20-21-22-28-32-47(54)62-40(37-60-63(57,58)61-38-43(49)48(55)56)36-59-46(53)31-27-24-23-26-30-41-42(45(52)35-44(41)51)34-33-39(50)29-25-6-4-2/h12-13,33-34,39-45,50-52H,3-11,14-32,35-38,49H2,1-2H3,(H,55,56)(H,57,58)/b13-12-,34-33+/t39-,40+,41+,42+,43-,44-,45+/m0/s1. The molecule has 15 heteroatoms. The lowest BCUT2D eigenvalue weighted by Crippen LogP contribution is -2.34. The van der Waals surface area contributed by atoms with E-state index in [0.717, 1.165) is 70.6 Å². The number of hydrogen-bond donors (Lipinski definition) is 6. The summed E-state index contributed by atoms with van der Waals surface area (Å²) in [7, 11) is -4.77. The van der Waals surface area contributed by atoms with Gasteiger partial charge in [-0.25, -0.2) is 4.57 Å². The van der Waals surface area contributed by atoms with E-state index in [4.69, 9.17) is 24.8 Å². The topological polar surface area (TPSA) is 232 Å². The maximum Gasteiger partial charge on any atom is 0.472 e. The molecule has 7 N–H and O–H groups in total. The van der Waals surface area contributed by atoms with Crippen LogP contribution in [0.5, 0.6) is 0 Å². The van der Waals surface area contributed by atoms with Gasteiger partial charge in [0.1, 0.15) is 12.6 Å². The molecule has 0 saturated heterocycles. The zero-order valence-corrected chi connectivity index (χ0v) is 39.9. The van der Waals surface area contributed by atoms with Crippen molar-refractivity contribution in [1.82, 2.24) is 0 Å². The number of aliphatic carboxylic acids is 1. The number of unbranched alkanes of at least 4 members (excludes halogenated alkanes) is 20. The lowest BCUT2D eigenvalue weighted by Gasteiger charge is -2.21. The third kappa shape index (κ3) is 32.2. The third-order valence-corrected chi connectivity index (χ3v) is 12.7. The number of hydrogen-bond acceptors (Lipinski definition) is 12. The van der Waals surface area contributed by atoms with E-state index in [2.05, 4.69) is 30.5 Å². The fraction of sp³-hybridized carbons (Fsp3) is 0.854. The zero-order valence-electron chi connectivity index (χ0n) is 39.0. The molecule has 0 aliphatic heterocycles. The van der Waals surface area contributed by atoms with Gasteiger partial charge in [0.25, 0.3) is 0 Å². The quantitative estimate of drug-likeness (QED) is 0.0145. The molecule has 368 valence electrons. The molecule has 1 unspecified atom stereocenters. The predicted molar refractivity (Wildman–Crippen MR) is 247 cm³/mol. The number of rotatable bonds is 42. The number of carbonyl (C=O) groups excluding carboxylic acids is 2. The second-order valence-corrected chi connectivity index (χ2v) is 19.0. The van der Waals surface area contributed by atoms with Crippen molar-refractivity contribution >= 4 is 25.7 Å². The molecule has 1 aliphatic rings. The fourth-order valence-corrected chi connectivity index (χ4v) is 8.64. The molecule has 0 aromatic rings. The van der Waals surface area contributed by atoms with Crippen molar-refractivity contribution in [3.05, 3.63) is 24.3 Å². The highest BCUT2D eigenvalue weighted by atomic mass is 31.2. The first-order chi connectivity index (χ1) is 30.3. The third-order valence-electron chi connectivity index (χ3n) is 11.8. The summed E-state index contributed by atoms with van der Waals surface area (Å²) in [6.07, 6.45) is 33.0. The van der Waals surface area contributed by atoms with Crippen molar-refractivity contribution in [1.29, 1.82) is 0 Å². The molecule has 14 nitrogen and oxygen atoms in total. The second kappa shape index (κ2) is 38.0. The fourth-order valence-electron chi connectivity index (χ4n) is 7.86. The summed E-state index contributed by atoms with van der Waals surface area (Å²) >= 11 is 0. The minimum Gasteiger partial charge on any atom is -0.480 e. The Bertz CT molecular complexity index is 1280. The Labute approximate surface area is 379 Å². The van der Waals surface area contributed by atoms with Gasteiger partial charge in [-0.15, -0.1) is 0 Å². The van der Waals surface area contributed by atoms with Crippen molar-refractivity contribution < 1.29 is 62.8 Å². The van der Waals surface area contributed by atoms with E-state index >= 15 is 0 Å². The van der Waals surface area contributed by atoms with E-state index in [0.29, 0.717) is 32.1 Å². The van der Waals surface area contributed by atoms with Crippen LogP contribution in [0.4, 0.5) is 0 Å². The molecule has 0 aromatic heterocycles. The van der Waals surface area contributed by atoms with Crippen LogP contribution >= 0.6 is 7.82 Å². The molecule has 0 bridgehead atoms. The van der Waals surface area contributed by atoms with Crippen molar-refractivity contribution in [2.45, 2.75) is 231 Å². The second-order valence-electron chi connectivity index (χ2n) is 17.6. The van der Waals surface area contributed by atoms with Crippen molar-refractivity contribution in [2.24, 2.45) is 17.6 Å². The first-order valence-electron chi connectivity index (χ1n) is 24.6. The van der Waals surface area contributed by atoms with Crippen LogP contribution in [0.25, 0.3) is 0 Å². The maximum absolute atomic E-state index is 12.7. The Hall–Kier alpha value is -2.16. The number of phosphoric acid groups is 1. The molecule has 0 heterocycles. The van der Waals surface area contributed by atoms with Gasteiger partial charge in [0, 0.05) is 25.2 Å². The molecule has 1 saturated carbocycles. The number of esters is 2. The number of carboxylic acids is 1. The van der Waals surface area contributed by atoms with Crippen LogP contribution in [-0.4, -0.2) is 93.5 Å². The molecule has 0 amide bonds. The highest BCUT2D eigenvalue weighted by Crippen LogP contribution is 2.43. The number of phosphoric ester groups is 1. The average molecular weight is 918 g/mol. The van der Waals surface area contributed by atoms with Crippen molar-refractivity contribution in [3.8, 4) is 0 Å². The Morgan fingerprint density at radius 2 is 1.19 bits per heavy atom. The summed E-state index contributed by atoms with van der Waals surface area (Å²) in [6, 6.07) is -1.55. The van der Waals surface area contributed by atoms with Crippen molar-refractivity contribution in [3.63, 3.8) is 0 Å². The van der Waals surface area contributed by atoms with E-state index in [9.17, 15) is 39.2 Å². The van der Waals surface area contributed by atoms with E-state index in [-0.39, 0.29) is 24.7 Å². The van der Waals surface area contributed by atoms with Crippen molar-refractivity contribution in [2.75, 3.05) is 19.8 Å². The largest absolute Gasteiger partial charge is 0.480 e. The minimum absolute atomic E-state index is 0.0962. The van der Waals surface area contributed by atoms with Gasteiger partial charge >= 0.3 is 25.7 Å². The Morgan fingerprint density at radius 3 is 1.78 bits per heavy atom. The first-order valence-corrected chi connectivity index (χ1v) is 26.1. The summed E-state index contributed by atoms with van der Waals surface area (Å²) in [5, 5.41) is 40.3. The SMILES string of the molecule is CCCCCCCC/C=C\CCCCCCCCCCCC(=O)O[C@H](COC(=O)CCCCCC[C@@H]1[C@@H](/C=C/[C@@H](O)CCCCC)[C@H](O)C[C@@H]1O)COP(=O)(O)OC[C@H](N)C(=O)O. The number of aliphatic hydroxyl groups excluding tert-OH is 3. The summed E-state index contributed by atoms with van der Waals surface area (Å²) in [5.41, 5.74) is 5.34. The number of nitrogens with two attached hydrogens (primary N) is 1. The highest BCUT2D eigenvalue weighted by molar-refractivity contribution is 7.47. The minimum atomic E-state index is -4.77. The molecule has 1 rings (SSSR count). The summed E-state index contributed by atoms with van der Waals surface area (Å²) in [6.45, 7) is 2.51. The van der Waals surface area contributed by atoms with Gasteiger partial charge in [-0.1, -0.05) is 154 Å². The van der Waals surface area contributed by atoms with Crippen LogP contribution in [0.15, 0.2) is 24.3 Å². The lowest BCUT2D eigenvalue weighted by molar-refractivity contribution is -0.161. The van der Waals surface area contributed by atoms with Crippen LogP contribution in [-0.2, 0) is 37.5 Å². The predicted octanol–water partition coefficient (Wildman–Crippen LogP) is 9.78. The molecule has 0 aromatic carbocycles. The van der Waals surface area contributed by atoms with E-state index in [1.54, 1.807) is 6.08 Å². The van der Waals surface area contributed by atoms with Gasteiger partial charge in [0.2, 0.25) is 0 Å². The number of allylic oxidation sites excluding steroid dienone is 2. The van der Waals surface area contributed by atoms with Crippen LogP contribution in [0.3, 0.4) is 0 Å². The normalized spacial score (nSPS) is 20.2. The molecular weight excluding hydrogens is 829 g/mol. The van der Waals surface area contributed by atoms with E-state index < -0.39 is 76.0 Å². The molecular formula is C48H88NO13P. The van der Waals surface area contributed by atoms with Gasteiger partial charge in [-0.05, 0) is 57.3 Å². The number of ether oxygens (including phenoxy) is 2. The monoisotopic (exact) mass is 918 g/mol. The smallest absolute Gasteiger partial charge is 0.472 e. The molecule has 8 atom stereocenters. The average Bonchev–Trinajstić information content (AvgIpc) is 3.52. The molecule has 1 fully saturated rings. The molecule has 0 spiro atoms. The molecule has 0 radical (unpaired) electrons. The van der Waals surface area contributed by atoms with E-state index in [1.807, 2.05) is 6.08 Å². The number of carbonyl (C=O) groups is 3. The van der Waals surface area contributed by atoms with Crippen LogP contribution < -0.4 is 5.73 Å². The van der Waals surface area contributed by atoms with Crippen LogP contribution in [0.2, 0.25) is 0 Å². The summed E-state index contributed by atoms with van der Waals surface area (Å²) in [4.78, 5) is 46.3. The molecule has 63 heavy (non-hydrogen) atoms. The summed E-state index contributed by atoms with van der Waals surface area (Å²) < 4.78 is 32.8. The zero-order chi connectivity index (χ0) is 46.6. The number of carboxylic acid groups (broad SMARTS) is 1. The van der Waals surface area contributed by atoms with Crippen LogP contribution in [0, 0.1) is 11.8 Å². The Kier molecular flexibility index (Phi) is 35.5. The molecule has 1 aliphatic carbocycles. The van der Waals surface area contributed by atoms with Gasteiger partial charge in [0.05, 0.1) is 31.5 Å². The highest BCUT2D eigenvalue weighted by Gasteiger charge is 2.39. The van der Waals surface area contributed by atoms with Gasteiger partial charge in [0.15, 0.2) is 6.10 Å². The summed E-state index contributed by atoms with van der Waals surface area (Å²) in [5.74, 6) is -2.87. The van der Waals surface area contributed by atoms with Gasteiger partial charge in [-0.2, -0.15) is 0 Å².